The lowest BCUT2D eigenvalue weighted by Gasteiger charge is -2.26. The lowest BCUT2D eigenvalue weighted by molar-refractivity contribution is 0.503. The van der Waals surface area contributed by atoms with Crippen molar-refractivity contribution in [3.05, 3.63) is 23.8 Å². The van der Waals surface area contributed by atoms with E-state index in [0.717, 1.165) is 5.92 Å². The minimum atomic E-state index is 0.417. The van der Waals surface area contributed by atoms with Crippen LogP contribution in [-0.2, 0) is 0 Å². The molecule has 15 heavy (non-hydrogen) atoms. The summed E-state index contributed by atoms with van der Waals surface area (Å²) in [6.07, 6.45) is 10.7. The van der Waals surface area contributed by atoms with Gasteiger partial charge in [0.2, 0.25) is 0 Å². The Morgan fingerprint density at radius 1 is 1.33 bits per heavy atom. The summed E-state index contributed by atoms with van der Waals surface area (Å²) in [5.74, 6) is 1.97. The third kappa shape index (κ3) is 5.46. The third-order valence-corrected chi connectivity index (χ3v) is 4.03. The van der Waals surface area contributed by atoms with E-state index >= 15 is 0 Å². The molecule has 0 nitrogen and oxygen atoms in total. The molecule has 0 aromatic carbocycles. The van der Waals surface area contributed by atoms with E-state index in [0.29, 0.717) is 4.75 Å². The van der Waals surface area contributed by atoms with Gasteiger partial charge in [0, 0.05) is 10.5 Å². The molecule has 0 atom stereocenters. The van der Waals surface area contributed by atoms with E-state index in [9.17, 15) is 0 Å². The van der Waals surface area contributed by atoms with Gasteiger partial charge in [0.25, 0.3) is 0 Å². The fourth-order valence-electron chi connectivity index (χ4n) is 2.10. The molecule has 1 aliphatic carbocycles. The van der Waals surface area contributed by atoms with E-state index < -0.39 is 0 Å². The fourth-order valence-corrected chi connectivity index (χ4v) is 3.32. The molecule has 86 valence electrons. The quantitative estimate of drug-likeness (QED) is 0.645. The summed E-state index contributed by atoms with van der Waals surface area (Å²) in [5.41, 5.74) is 1.52. The average Bonchev–Trinajstić information content (AvgIpc) is 2.15. The summed E-state index contributed by atoms with van der Waals surface area (Å²) < 4.78 is 0.417. The van der Waals surface area contributed by atoms with E-state index in [-0.39, 0.29) is 0 Å². The SMILES string of the molecule is CC(C)CC(C)(C)SCC1=CCCC=C1. The molecule has 0 saturated carbocycles. The van der Waals surface area contributed by atoms with Gasteiger partial charge in [0.1, 0.15) is 0 Å². The predicted molar refractivity (Wildman–Crippen MR) is 72.4 cm³/mol. The van der Waals surface area contributed by atoms with Crippen molar-refractivity contribution in [3.8, 4) is 0 Å². The second-order valence-corrected chi connectivity index (χ2v) is 7.09. The standard InChI is InChI=1S/C14H24S/c1-12(2)10-14(3,4)15-11-13-8-6-5-7-9-13/h6,8-9,12H,5,7,10-11H2,1-4H3. The molecule has 1 rings (SSSR count). The van der Waals surface area contributed by atoms with Crippen molar-refractivity contribution in [3.63, 3.8) is 0 Å². The van der Waals surface area contributed by atoms with Gasteiger partial charge in [-0.2, -0.15) is 11.8 Å². The molecule has 0 aromatic rings. The average molecular weight is 224 g/mol. The molecule has 0 N–H and O–H groups in total. The van der Waals surface area contributed by atoms with E-state index in [1.165, 1.54) is 30.6 Å². The second kappa shape index (κ2) is 5.79. The van der Waals surface area contributed by atoms with Crippen LogP contribution in [0.4, 0.5) is 0 Å². The Bertz CT molecular complexity index is 246. The molecule has 0 heterocycles. The summed E-state index contributed by atoms with van der Waals surface area (Å²) in [5, 5.41) is 0. The van der Waals surface area contributed by atoms with E-state index in [4.69, 9.17) is 0 Å². The minimum Gasteiger partial charge on any atom is -0.151 e. The molecule has 0 amide bonds. The Morgan fingerprint density at radius 3 is 2.60 bits per heavy atom. The first kappa shape index (κ1) is 12.9. The maximum absolute atomic E-state index is 2.39. The van der Waals surface area contributed by atoms with E-state index in [2.05, 4.69) is 57.7 Å². The van der Waals surface area contributed by atoms with Gasteiger partial charge in [-0.25, -0.2) is 0 Å². The number of rotatable bonds is 5. The van der Waals surface area contributed by atoms with Crippen molar-refractivity contribution >= 4 is 11.8 Å². The van der Waals surface area contributed by atoms with Gasteiger partial charge in [-0.3, -0.25) is 0 Å². The zero-order chi connectivity index (χ0) is 11.3. The highest BCUT2D eigenvalue weighted by atomic mass is 32.2. The van der Waals surface area contributed by atoms with Gasteiger partial charge in [-0.05, 0) is 30.8 Å². The zero-order valence-corrected chi connectivity index (χ0v) is 11.4. The molecular formula is C14H24S. The maximum Gasteiger partial charge on any atom is 0.0186 e. The number of thioether (sulfide) groups is 1. The van der Waals surface area contributed by atoms with Crippen molar-refractivity contribution < 1.29 is 0 Å². The van der Waals surface area contributed by atoms with Crippen LogP contribution in [0.15, 0.2) is 23.8 Å². The summed E-state index contributed by atoms with van der Waals surface area (Å²) in [7, 11) is 0. The first-order valence-corrected chi connectivity index (χ1v) is 6.98. The van der Waals surface area contributed by atoms with Crippen LogP contribution >= 0.6 is 11.8 Å². The van der Waals surface area contributed by atoms with Crippen molar-refractivity contribution in [2.45, 2.75) is 51.7 Å². The molecule has 0 aromatic heterocycles. The Hall–Kier alpha value is -0.170. The molecule has 0 unspecified atom stereocenters. The number of hydrogen-bond acceptors (Lipinski definition) is 1. The summed E-state index contributed by atoms with van der Waals surface area (Å²) in [6, 6.07) is 0. The van der Waals surface area contributed by atoms with Crippen molar-refractivity contribution in [2.75, 3.05) is 5.75 Å². The zero-order valence-electron chi connectivity index (χ0n) is 10.5. The van der Waals surface area contributed by atoms with Gasteiger partial charge in [-0.1, -0.05) is 45.9 Å². The molecule has 1 aliphatic rings. The first-order chi connectivity index (χ1) is 6.99. The van der Waals surface area contributed by atoms with Crippen molar-refractivity contribution in [2.24, 2.45) is 5.92 Å². The Balaban J connectivity index is 2.35. The highest BCUT2D eigenvalue weighted by Crippen LogP contribution is 2.33. The van der Waals surface area contributed by atoms with Crippen LogP contribution in [0.2, 0.25) is 0 Å². The van der Waals surface area contributed by atoms with Gasteiger partial charge < -0.3 is 0 Å². The Kier molecular flexibility index (Phi) is 4.98. The van der Waals surface area contributed by atoms with Crippen LogP contribution in [0.25, 0.3) is 0 Å². The molecule has 1 heteroatoms. The van der Waals surface area contributed by atoms with E-state index in [1.54, 1.807) is 0 Å². The summed E-state index contributed by atoms with van der Waals surface area (Å²) in [4.78, 5) is 0. The van der Waals surface area contributed by atoms with Crippen LogP contribution in [0.1, 0.15) is 47.0 Å². The molecule has 0 radical (unpaired) electrons. The van der Waals surface area contributed by atoms with Gasteiger partial charge in [-0.15, -0.1) is 0 Å². The minimum absolute atomic E-state index is 0.417. The fraction of sp³-hybridized carbons (Fsp3) is 0.714. The molecule has 0 saturated heterocycles. The normalized spacial score (nSPS) is 17.0. The van der Waals surface area contributed by atoms with Crippen LogP contribution in [0.3, 0.4) is 0 Å². The van der Waals surface area contributed by atoms with Gasteiger partial charge >= 0.3 is 0 Å². The Morgan fingerprint density at radius 2 is 2.07 bits per heavy atom. The third-order valence-electron chi connectivity index (χ3n) is 2.60. The maximum atomic E-state index is 2.39. The predicted octanol–water partition coefficient (Wildman–Crippen LogP) is 4.82. The lowest BCUT2D eigenvalue weighted by atomic mass is 10.00. The van der Waals surface area contributed by atoms with Crippen LogP contribution in [0, 0.1) is 5.92 Å². The highest BCUT2D eigenvalue weighted by Gasteiger charge is 2.19. The van der Waals surface area contributed by atoms with Gasteiger partial charge in [0.05, 0.1) is 0 Å². The summed E-state index contributed by atoms with van der Waals surface area (Å²) in [6.45, 7) is 9.35. The van der Waals surface area contributed by atoms with Crippen LogP contribution in [0.5, 0.6) is 0 Å². The number of hydrogen-bond donors (Lipinski definition) is 0. The molecule has 0 bridgehead atoms. The highest BCUT2D eigenvalue weighted by molar-refractivity contribution is 8.00. The second-order valence-electron chi connectivity index (χ2n) is 5.41. The van der Waals surface area contributed by atoms with E-state index in [1.807, 2.05) is 0 Å². The molecule has 0 spiro atoms. The van der Waals surface area contributed by atoms with Crippen LogP contribution in [-0.4, -0.2) is 10.5 Å². The monoisotopic (exact) mass is 224 g/mol. The van der Waals surface area contributed by atoms with Crippen molar-refractivity contribution in [1.82, 2.24) is 0 Å². The van der Waals surface area contributed by atoms with Crippen molar-refractivity contribution in [1.29, 1.82) is 0 Å². The number of allylic oxidation sites excluding steroid dienone is 3. The van der Waals surface area contributed by atoms with Crippen LogP contribution < -0.4 is 0 Å². The molecule has 0 fully saturated rings. The molecular weight excluding hydrogens is 200 g/mol. The van der Waals surface area contributed by atoms with Gasteiger partial charge in [0.15, 0.2) is 0 Å². The lowest BCUT2D eigenvalue weighted by Crippen LogP contribution is -2.18. The topological polar surface area (TPSA) is 0 Å². The smallest absolute Gasteiger partial charge is 0.0186 e. The Labute approximate surface area is 99.2 Å². The molecule has 0 aliphatic heterocycles. The largest absolute Gasteiger partial charge is 0.151 e. The summed E-state index contributed by atoms with van der Waals surface area (Å²) >= 11 is 2.09. The first-order valence-electron chi connectivity index (χ1n) is 5.99.